The zero-order valence-corrected chi connectivity index (χ0v) is 14.5. The minimum atomic E-state index is -0.607. The van der Waals surface area contributed by atoms with Crippen LogP contribution >= 0.6 is 0 Å². The SMILES string of the molecule is CC(C)[C@H]1CC[C@H](C)C[C@@H]1OC(=O)COC(=O)c1ccc(O)cc1. The molecule has 2 rings (SSSR count). The highest BCUT2D eigenvalue weighted by atomic mass is 16.6. The molecule has 5 nitrogen and oxygen atoms in total. The number of carbonyl (C=O) groups excluding carboxylic acids is 2. The van der Waals surface area contributed by atoms with E-state index in [1.165, 1.54) is 24.3 Å². The molecule has 1 aliphatic rings. The van der Waals surface area contributed by atoms with E-state index in [0.717, 1.165) is 19.3 Å². The van der Waals surface area contributed by atoms with Crippen molar-refractivity contribution in [2.24, 2.45) is 17.8 Å². The van der Waals surface area contributed by atoms with Crippen molar-refractivity contribution in [3.05, 3.63) is 29.8 Å². The van der Waals surface area contributed by atoms with Gasteiger partial charge in [-0.1, -0.05) is 27.2 Å². The van der Waals surface area contributed by atoms with Gasteiger partial charge in [-0.2, -0.15) is 0 Å². The average molecular weight is 334 g/mol. The lowest BCUT2D eigenvalue weighted by atomic mass is 9.75. The largest absolute Gasteiger partial charge is 0.508 e. The number of benzene rings is 1. The molecule has 0 spiro atoms. The number of rotatable bonds is 5. The third kappa shape index (κ3) is 4.98. The Morgan fingerprint density at radius 1 is 1.21 bits per heavy atom. The lowest BCUT2D eigenvalue weighted by Crippen LogP contribution is -2.36. The number of phenols is 1. The Labute approximate surface area is 143 Å². The number of aromatic hydroxyl groups is 1. The quantitative estimate of drug-likeness (QED) is 0.834. The Morgan fingerprint density at radius 3 is 2.50 bits per heavy atom. The number of hydrogen-bond acceptors (Lipinski definition) is 5. The molecule has 1 N–H and O–H groups in total. The third-order valence-corrected chi connectivity index (χ3v) is 4.67. The minimum absolute atomic E-state index is 0.0668. The van der Waals surface area contributed by atoms with Crippen LogP contribution in [0.5, 0.6) is 5.75 Å². The maximum absolute atomic E-state index is 12.0. The van der Waals surface area contributed by atoms with E-state index in [-0.39, 0.29) is 17.4 Å². The molecule has 0 bridgehead atoms. The summed E-state index contributed by atoms with van der Waals surface area (Å²) >= 11 is 0. The van der Waals surface area contributed by atoms with Gasteiger partial charge in [-0.15, -0.1) is 0 Å². The van der Waals surface area contributed by atoms with Crippen LogP contribution in [0.25, 0.3) is 0 Å². The highest BCUT2D eigenvalue weighted by Gasteiger charge is 2.33. The molecule has 0 aromatic heterocycles. The van der Waals surface area contributed by atoms with Crippen molar-refractivity contribution in [3.63, 3.8) is 0 Å². The highest BCUT2D eigenvalue weighted by molar-refractivity contribution is 5.90. The van der Waals surface area contributed by atoms with Crippen LogP contribution < -0.4 is 0 Å². The van der Waals surface area contributed by atoms with Gasteiger partial charge in [0.15, 0.2) is 6.61 Å². The van der Waals surface area contributed by atoms with E-state index in [2.05, 4.69) is 20.8 Å². The molecule has 132 valence electrons. The number of hydrogen-bond donors (Lipinski definition) is 1. The van der Waals surface area contributed by atoms with Crippen molar-refractivity contribution in [3.8, 4) is 5.75 Å². The molecule has 24 heavy (non-hydrogen) atoms. The number of carbonyl (C=O) groups is 2. The number of esters is 2. The van der Waals surface area contributed by atoms with Crippen LogP contribution in [0.1, 0.15) is 50.4 Å². The van der Waals surface area contributed by atoms with Crippen LogP contribution in [-0.4, -0.2) is 29.8 Å². The fraction of sp³-hybridized carbons (Fsp3) is 0.579. The van der Waals surface area contributed by atoms with Crippen LogP contribution in [0.2, 0.25) is 0 Å². The second-order valence-electron chi connectivity index (χ2n) is 6.98. The summed E-state index contributed by atoms with van der Waals surface area (Å²) in [4.78, 5) is 23.9. The van der Waals surface area contributed by atoms with Gasteiger partial charge in [0.2, 0.25) is 0 Å². The molecule has 0 amide bonds. The predicted octanol–water partition coefficient (Wildman–Crippen LogP) is 3.55. The highest BCUT2D eigenvalue weighted by Crippen LogP contribution is 2.35. The molecule has 1 aromatic rings. The smallest absolute Gasteiger partial charge is 0.344 e. The van der Waals surface area contributed by atoms with Crippen molar-refractivity contribution in [1.82, 2.24) is 0 Å². The number of phenolic OH excluding ortho intramolecular Hbond substituents is 1. The second kappa shape index (κ2) is 8.18. The molecule has 0 heterocycles. The van der Waals surface area contributed by atoms with Crippen molar-refractivity contribution in [1.29, 1.82) is 0 Å². The summed E-state index contributed by atoms with van der Waals surface area (Å²) in [7, 11) is 0. The summed E-state index contributed by atoms with van der Waals surface area (Å²) in [6.45, 7) is 6.07. The lowest BCUT2D eigenvalue weighted by Gasteiger charge is -2.36. The van der Waals surface area contributed by atoms with Gasteiger partial charge in [0.1, 0.15) is 11.9 Å². The topological polar surface area (TPSA) is 72.8 Å². The van der Waals surface area contributed by atoms with Crippen LogP contribution in [0.15, 0.2) is 24.3 Å². The normalized spacial score (nSPS) is 23.8. The molecular formula is C19H26O5. The summed E-state index contributed by atoms with van der Waals surface area (Å²) in [5, 5.41) is 9.20. The van der Waals surface area contributed by atoms with Crippen molar-refractivity contribution in [2.75, 3.05) is 6.61 Å². The Hall–Kier alpha value is -2.04. The second-order valence-corrected chi connectivity index (χ2v) is 6.98. The fourth-order valence-corrected chi connectivity index (χ4v) is 3.26. The van der Waals surface area contributed by atoms with Gasteiger partial charge in [-0.3, -0.25) is 0 Å². The zero-order valence-electron chi connectivity index (χ0n) is 14.5. The molecule has 5 heteroatoms. The predicted molar refractivity (Wildman–Crippen MR) is 89.6 cm³/mol. The van der Waals surface area contributed by atoms with Gasteiger partial charge in [-0.05, 0) is 54.9 Å². The first-order chi connectivity index (χ1) is 11.4. The van der Waals surface area contributed by atoms with Gasteiger partial charge in [0, 0.05) is 0 Å². The summed E-state index contributed by atoms with van der Waals surface area (Å²) in [6.07, 6.45) is 2.98. The summed E-state index contributed by atoms with van der Waals surface area (Å²) in [5.41, 5.74) is 0.284. The van der Waals surface area contributed by atoms with Crippen LogP contribution in [0.3, 0.4) is 0 Å². The first-order valence-electron chi connectivity index (χ1n) is 8.52. The molecule has 1 fully saturated rings. The zero-order chi connectivity index (χ0) is 17.7. The Balaban J connectivity index is 1.85. The van der Waals surface area contributed by atoms with Crippen LogP contribution in [0, 0.1) is 17.8 Å². The lowest BCUT2D eigenvalue weighted by molar-refractivity contribution is -0.159. The molecule has 1 saturated carbocycles. The molecule has 1 aliphatic carbocycles. The first kappa shape index (κ1) is 18.3. The minimum Gasteiger partial charge on any atom is -0.508 e. The fourth-order valence-electron chi connectivity index (χ4n) is 3.26. The van der Waals surface area contributed by atoms with Crippen molar-refractivity contribution < 1.29 is 24.2 Å². The maximum atomic E-state index is 12.0. The van der Waals surface area contributed by atoms with Crippen molar-refractivity contribution >= 4 is 11.9 Å². The van der Waals surface area contributed by atoms with Crippen molar-refractivity contribution in [2.45, 2.75) is 46.1 Å². The maximum Gasteiger partial charge on any atom is 0.344 e. The van der Waals surface area contributed by atoms with Gasteiger partial charge >= 0.3 is 11.9 Å². The molecule has 0 unspecified atom stereocenters. The molecule has 1 aromatic carbocycles. The van der Waals surface area contributed by atoms with Gasteiger partial charge in [-0.25, -0.2) is 9.59 Å². The third-order valence-electron chi connectivity index (χ3n) is 4.67. The van der Waals surface area contributed by atoms with E-state index in [1.54, 1.807) is 0 Å². The van der Waals surface area contributed by atoms with E-state index in [9.17, 15) is 14.7 Å². The molecule has 0 aliphatic heterocycles. The summed E-state index contributed by atoms with van der Waals surface area (Å²) in [5.74, 6) is 0.304. The van der Waals surface area contributed by atoms with E-state index < -0.39 is 18.5 Å². The van der Waals surface area contributed by atoms with Gasteiger partial charge in [0.05, 0.1) is 5.56 Å². The first-order valence-corrected chi connectivity index (χ1v) is 8.52. The number of ether oxygens (including phenoxy) is 2. The van der Waals surface area contributed by atoms with E-state index >= 15 is 0 Å². The monoisotopic (exact) mass is 334 g/mol. The molecule has 0 radical (unpaired) electrons. The molecule has 3 atom stereocenters. The Bertz CT molecular complexity index is 564. The summed E-state index contributed by atoms with van der Waals surface area (Å²) in [6, 6.07) is 5.68. The molecule has 0 saturated heterocycles. The van der Waals surface area contributed by atoms with Gasteiger partial charge in [0.25, 0.3) is 0 Å². The van der Waals surface area contributed by atoms with Crippen LogP contribution in [0.4, 0.5) is 0 Å². The summed E-state index contributed by atoms with van der Waals surface area (Å²) < 4.78 is 10.6. The van der Waals surface area contributed by atoms with E-state index in [1.807, 2.05) is 0 Å². The van der Waals surface area contributed by atoms with Gasteiger partial charge < -0.3 is 14.6 Å². The Kier molecular flexibility index (Phi) is 6.23. The van der Waals surface area contributed by atoms with Crippen LogP contribution in [-0.2, 0) is 14.3 Å². The van der Waals surface area contributed by atoms with E-state index in [0.29, 0.717) is 17.8 Å². The Morgan fingerprint density at radius 2 is 1.88 bits per heavy atom. The average Bonchev–Trinajstić information content (AvgIpc) is 2.53. The van der Waals surface area contributed by atoms with E-state index in [4.69, 9.17) is 9.47 Å². The standard InChI is InChI=1S/C19H26O5/c1-12(2)16-9-4-13(3)10-17(16)24-18(21)11-23-19(22)14-5-7-15(20)8-6-14/h5-8,12-13,16-17,20H,4,9-11H2,1-3H3/t13-,16+,17-/m0/s1. The molecular weight excluding hydrogens is 308 g/mol.